The van der Waals surface area contributed by atoms with Crippen LogP contribution in [0.3, 0.4) is 0 Å². The monoisotopic (exact) mass is 284 g/mol. The fraction of sp³-hybridized carbons (Fsp3) is 0.167. The zero-order valence-corrected chi connectivity index (χ0v) is 10.4. The Morgan fingerprint density at radius 2 is 1.75 bits per heavy atom. The van der Waals surface area contributed by atoms with Gasteiger partial charge in [-0.05, 0) is 24.3 Å². The van der Waals surface area contributed by atoms with Gasteiger partial charge in [-0.2, -0.15) is 18.2 Å². The molecular weight excluding hydrogens is 273 g/mol. The number of anilines is 3. The zero-order valence-electron chi connectivity index (χ0n) is 10.4. The summed E-state index contributed by atoms with van der Waals surface area (Å²) in [5, 5.41) is 14.3. The Morgan fingerprint density at radius 3 is 2.30 bits per heavy atom. The van der Waals surface area contributed by atoms with Crippen molar-refractivity contribution in [2.45, 2.75) is 6.18 Å². The van der Waals surface area contributed by atoms with Gasteiger partial charge in [0.25, 0.3) is 0 Å². The van der Waals surface area contributed by atoms with E-state index in [9.17, 15) is 13.2 Å². The lowest BCUT2D eigenvalue weighted by atomic mass is 10.3. The lowest BCUT2D eigenvalue weighted by Gasteiger charge is -2.11. The van der Waals surface area contributed by atoms with Gasteiger partial charge in [-0.25, -0.2) is 4.98 Å². The van der Waals surface area contributed by atoms with Gasteiger partial charge in [-0.3, -0.25) is 0 Å². The molecule has 2 aromatic rings. The molecule has 8 heteroatoms. The van der Waals surface area contributed by atoms with Gasteiger partial charge in [0.15, 0.2) is 5.69 Å². The third-order valence-corrected chi connectivity index (χ3v) is 2.38. The summed E-state index contributed by atoms with van der Waals surface area (Å²) in [5.41, 5.74) is -0.546. The number of aromatic hydroxyl groups is 1. The lowest BCUT2D eigenvalue weighted by molar-refractivity contribution is -0.141. The molecule has 1 heterocycles. The largest absolute Gasteiger partial charge is 0.508 e. The molecule has 3 N–H and O–H groups in total. The van der Waals surface area contributed by atoms with Crippen molar-refractivity contribution in [3.63, 3.8) is 0 Å². The number of rotatable bonds is 3. The van der Waals surface area contributed by atoms with E-state index in [0.717, 1.165) is 6.07 Å². The molecule has 2 rings (SSSR count). The van der Waals surface area contributed by atoms with Crippen molar-refractivity contribution in [1.29, 1.82) is 0 Å². The number of hydrogen-bond donors (Lipinski definition) is 3. The molecule has 106 valence electrons. The van der Waals surface area contributed by atoms with E-state index in [0.29, 0.717) is 5.69 Å². The van der Waals surface area contributed by atoms with Gasteiger partial charge in [0.1, 0.15) is 11.6 Å². The summed E-state index contributed by atoms with van der Waals surface area (Å²) in [7, 11) is 1.43. The highest BCUT2D eigenvalue weighted by Gasteiger charge is 2.33. The number of hydrogen-bond acceptors (Lipinski definition) is 5. The van der Waals surface area contributed by atoms with Crippen molar-refractivity contribution < 1.29 is 18.3 Å². The highest BCUT2D eigenvalue weighted by molar-refractivity contribution is 5.58. The van der Waals surface area contributed by atoms with Gasteiger partial charge in [-0.15, -0.1) is 0 Å². The minimum Gasteiger partial charge on any atom is -0.508 e. The van der Waals surface area contributed by atoms with Crippen LogP contribution in [0.4, 0.5) is 30.6 Å². The van der Waals surface area contributed by atoms with Gasteiger partial charge in [0.2, 0.25) is 5.95 Å². The van der Waals surface area contributed by atoms with Crippen molar-refractivity contribution in [2.24, 2.45) is 0 Å². The fourth-order valence-electron chi connectivity index (χ4n) is 1.46. The number of halogens is 3. The average molecular weight is 284 g/mol. The topological polar surface area (TPSA) is 70.1 Å². The van der Waals surface area contributed by atoms with Crippen LogP contribution < -0.4 is 10.6 Å². The standard InChI is InChI=1S/C12H11F3N4O/c1-16-11-18-9(12(13,14)15)6-10(19-11)17-7-2-4-8(20)5-3-7/h2-6,20H,1H3,(H2,16,17,18,19). The van der Waals surface area contributed by atoms with Crippen LogP contribution in [0.5, 0.6) is 5.75 Å². The second-order valence-electron chi connectivity index (χ2n) is 3.88. The Balaban J connectivity index is 2.33. The second kappa shape index (κ2) is 5.24. The van der Waals surface area contributed by atoms with Gasteiger partial charge >= 0.3 is 6.18 Å². The van der Waals surface area contributed by atoms with E-state index in [1.54, 1.807) is 0 Å². The summed E-state index contributed by atoms with van der Waals surface area (Å²) in [6, 6.07) is 6.67. The van der Waals surface area contributed by atoms with E-state index in [-0.39, 0.29) is 17.5 Å². The maximum Gasteiger partial charge on any atom is 0.433 e. The van der Waals surface area contributed by atoms with E-state index >= 15 is 0 Å². The minimum absolute atomic E-state index is 0.00219. The average Bonchev–Trinajstić information content (AvgIpc) is 2.40. The van der Waals surface area contributed by atoms with Crippen LogP contribution in [-0.4, -0.2) is 22.1 Å². The summed E-state index contributed by atoms with van der Waals surface area (Å²) in [6.45, 7) is 0. The first-order valence-corrected chi connectivity index (χ1v) is 5.58. The number of nitrogens with zero attached hydrogens (tertiary/aromatic N) is 2. The number of benzene rings is 1. The first kappa shape index (κ1) is 13.9. The zero-order chi connectivity index (χ0) is 14.8. The first-order valence-electron chi connectivity index (χ1n) is 5.58. The molecule has 1 aromatic heterocycles. The summed E-state index contributed by atoms with van der Waals surface area (Å²) in [5.74, 6) is -0.0754. The molecule has 0 atom stereocenters. The van der Waals surface area contributed by atoms with Crippen LogP contribution in [-0.2, 0) is 6.18 Å². The Hall–Kier alpha value is -2.51. The van der Waals surface area contributed by atoms with E-state index < -0.39 is 11.9 Å². The number of phenolic OH excluding ortho intramolecular Hbond substituents is 1. The van der Waals surface area contributed by atoms with Crippen LogP contribution in [0.1, 0.15) is 5.69 Å². The molecule has 0 aliphatic rings. The van der Waals surface area contributed by atoms with Crippen molar-refractivity contribution in [2.75, 3.05) is 17.7 Å². The van der Waals surface area contributed by atoms with Gasteiger partial charge in [0, 0.05) is 18.8 Å². The molecule has 0 spiro atoms. The molecule has 0 radical (unpaired) electrons. The normalized spacial score (nSPS) is 11.2. The summed E-state index contributed by atoms with van der Waals surface area (Å²) < 4.78 is 38.1. The molecule has 0 fully saturated rings. The van der Waals surface area contributed by atoms with Crippen LogP contribution in [0.25, 0.3) is 0 Å². The van der Waals surface area contributed by atoms with Crippen LogP contribution in [0.15, 0.2) is 30.3 Å². The molecule has 0 amide bonds. The maximum atomic E-state index is 12.7. The van der Waals surface area contributed by atoms with E-state index in [4.69, 9.17) is 5.11 Å². The number of alkyl halides is 3. The van der Waals surface area contributed by atoms with Crippen molar-refractivity contribution in [3.8, 4) is 5.75 Å². The molecule has 1 aromatic carbocycles. The summed E-state index contributed by atoms with van der Waals surface area (Å²) in [4.78, 5) is 7.24. The van der Waals surface area contributed by atoms with E-state index in [1.165, 1.54) is 31.3 Å². The summed E-state index contributed by atoms with van der Waals surface area (Å²) in [6.07, 6.45) is -4.56. The third-order valence-electron chi connectivity index (χ3n) is 2.38. The Kier molecular flexibility index (Phi) is 3.64. The molecule has 5 nitrogen and oxygen atoms in total. The first-order chi connectivity index (χ1) is 9.38. The van der Waals surface area contributed by atoms with Gasteiger partial charge < -0.3 is 15.7 Å². The highest BCUT2D eigenvalue weighted by atomic mass is 19.4. The quantitative estimate of drug-likeness (QED) is 0.756. The van der Waals surface area contributed by atoms with E-state index in [1.807, 2.05) is 0 Å². The fourth-order valence-corrected chi connectivity index (χ4v) is 1.46. The minimum atomic E-state index is -4.56. The lowest BCUT2D eigenvalue weighted by Crippen LogP contribution is -2.12. The SMILES string of the molecule is CNc1nc(Nc2ccc(O)cc2)cc(C(F)(F)F)n1. The molecule has 0 unspecified atom stereocenters. The predicted molar refractivity (Wildman–Crippen MR) is 68.0 cm³/mol. The van der Waals surface area contributed by atoms with Gasteiger partial charge in [0.05, 0.1) is 0 Å². The molecule has 0 bridgehead atoms. The Morgan fingerprint density at radius 1 is 1.10 bits per heavy atom. The molecule has 0 aliphatic carbocycles. The third kappa shape index (κ3) is 3.28. The second-order valence-corrected chi connectivity index (χ2v) is 3.88. The molecule has 0 saturated carbocycles. The molecule has 0 aliphatic heterocycles. The predicted octanol–water partition coefficient (Wildman–Crippen LogP) is 2.99. The smallest absolute Gasteiger partial charge is 0.433 e. The summed E-state index contributed by atoms with van der Waals surface area (Å²) >= 11 is 0. The molecule has 0 saturated heterocycles. The number of aromatic nitrogens is 2. The van der Waals surface area contributed by atoms with Crippen molar-refractivity contribution in [1.82, 2.24) is 9.97 Å². The maximum absolute atomic E-state index is 12.7. The number of nitrogens with one attached hydrogen (secondary N) is 2. The Labute approximate surface area is 112 Å². The Bertz CT molecular complexity index is 599. The van der Waals surface area contributed by atoms with E-state index in [2.05, 4.69) is 20.6 Å². The van der Waals surface area contributed by atoms with Crippen LogP contribution >= 0.6 is 0 Å². The highest BCUT2D eigenvalue weighted by Crippen LogP contribution is 2.30. The molecular formula is C12H11F3N4O. The van der Waals surface area contributed by atoms with Crippen LogP contribution in [0, 0.1) is 0 Å². The number of phenols is 1. The molecule has 20 heavy (non-hydrogen) atoms. The van der Waals surface area contributed by atoms with Crippen molar-refractivity contribution in [3.05, 3.63) is 36.0 Å². The van der Waals surface area contributed by atoms with Crippen LogP contribution in [0.2, 0.25) is 0 Å². The van der Waals surface area contributed by atoms with Gasteiger partial charge in [-0.1, -0.05) is 0 Å². The van der Waals surface area contributed by atoms with Crippen molar-refractivity contribution >= 4 is 17.5 Å².